The molecule has 1 aromatic carbocycles. The topological polar surface area (TPSA) is 59.5 Å². The van der Waals surface area contributed by atoms with Gasteiger partial charge in [-0.05, 0) is 24.6 Å². The van der Waals surface area contributed by atoms with Crippen molar-refractivity contribution in [2.24, 2.45) is 0 Å². The van der Waals surface area contributed by atoms with E-state index in [4.69, 9.17) is 4.42 Å². The molecule has 3 aromatic heterocycles. The standard InChI is InChI=1S/C16H13N5O/c1-6-20(7-1)13-4-5-19-21-14(9-17-16(13)21)11-2-3-12-15(8-11)22-10-18-12/h2-5,8-10H,1,6-7H2. The van der Waals surface area contributed by atoms with E-state index in [0.717, 1.165) is 46.8 Å². The van der Waals surface area contributed by atoms with Gasteiger partial charge in [0.15, 0.2) is 17.6 Å². The summed E-state index contributed by atoms with van der Waals surface area (Å²) < 4.78 is 7.28. The minimum absolute atomic E-state index is 0.770. The van der Waals surface area contributed by atoms with Crippen LogP contribution in [0.3, 0.4) is 0 Å². The Morgan fingerprint density at radius 1 is 1.09 bits per heavy atom. The highest BCUT2D eigenvalue weighted by Crippen LogP contribution is 2.29. The van der Waals surface area contributed by atoms with Gasteiger partial charge in [0.25, 0.3) is 0 Å². The van der Waals surface area contributed by atoms with Gasteiger partial charge in [0.05, 0.1) is 23.8 Å². The van der Waals surface area contributed by atoms with Crippen LogP contribution in [0.1, 0.15) is 6.42 Å². The maximum absolute atomic E-state index is 5.39. The second-order valence-corrected chi connectivity index (χ2v) is 5.47. The molecule has 1 fully saturated rings. The highest BCUT2D eigenvalue weighted by atomic mass is 16.3. The number of rotatable bonds is 2. The number of aromatic nitrogens is 4. The van der Waals surface area contributed by atoms with Crippen LogP contribution in [-0.2, 0) is 0 Å². The summed E-state index contributed by atoms with van der Waals surface area (Å²) in [5.74, 6) is 0. The lowest BCUT2D eigenvalue weighted by atomic mass is 10.1. The Labute approximate surface area is 126 Å². The van der Waals surface area contributed by atoms with E-state index in [1.165, 1.54) is 12.8 Å². The molecule has 1 saturated heterocycles. The van der Waals surface area contributed by atoms with Crippen LogP contribution in [-0.4, -0.2) is 32.7 Å². The molecule has 0 spiro atoms. The van der Waals surface area contributed by atoms with Crippen molar-refractivity contribution in [3.8, 4) is 11.3 Å². The lowest BCUT2D eigenvalue weighted by molar-refractivity contribution is 0.602. The zero-order valence-corrected chi connectivity index (χ0v) is 11.8. The van der Waals surface area contributed by atoms with Crippen molar-refractivity contribution in [2.45, 2.75) is 6.42 Å². The Bertz CT molecular complexity index is 982. The third-order valence-electron chi connectivity index (χ3n) is 4.21. The van der Waals surface area contributed by atoms with Gasteiger partial charge in [-0.25, -0.2) is 14.5 Å². The van der Waals surface area contributed by atoms with Crippen LogP contribution in [0, 0.1) is 0 Å². The maximum Gasteiger partial charge on any atom is 0.181 e. The van der Waals surface area contributed by atoms with E-state index >= 15 is 0 Å². The summed E-state index contributed by atoms with van der Waals surface area (Å²) in [7, 11) is 0. The van der Waals surface area contributed by atoms with Crippen LogP contribution in [0.5, 0.6) is 0 Å². The number of imidazole rings is 1. The van der Waals surface area contributed by atoms with Gasteiger partial charge in [-0.3, -0.25) is 0 Å². The molecule has 108 valence electrons. The highest BCUT2D eigenvalue weighted by molar-refractivity contribution is 5.80. The molecular weight excluding hydrogens is 278 g/mol. The van der Waals surface area contributed by atoms with Gasteiger partial charge < -0.3 is 9.32 Å². The first kappa shape index (κ1) is 11.7. The average Bonchev–Trinajstić information content (AvgIpc) is 3.11. The molecule has 0 atom stereocenters. The van der Waals surface area contributed by atoms with E-state index in [2.05, 4.69) is 20.0 Å². The van der Waals surface area contributed by atoms with Crippen molar-refractivity contribution in [1.82, 2.24) is 19.6 Å². The largest absolute Gasteiger partial charge is 0.443 e. The number of oxazole rings is 1. The van der Waals surface area contributed by atoms with E-state index < -0.39 is 0 Å². The molecule has 6 nitrogen and oxygen atoms in total. The van der Waals surface area contributed by atoms with Crippen molar-refractivity contribution in [3.05, 3.63) is 43.1 Å². The molecule has 5 rings (SSSR count). The second kappa shape index (κ2) is 4.30. The molecule has 0 bridgehead atoms. The quantitative estimate of drug-likeness (QED) is 0.568. The summed E-state index contributed by atoms with van der Waals surface area (Å²) >= 11 is 0. The van der Waals surface area contributed by atoms with Crippen molar-refractivity contribution in [2.75, 3.05) is 18.0 Å². The van der Waals surface area contributed by atoms with Crippen LogP contribution in [0.25, 0.3) is 28.0 Å². The zero-order valence-electron chi connectivity index (χ0n) is 11.8. The molecule has 0 saturated carbocycles. The van der Waals surface area contributed by atoms with Crippen LogP contribution < -0.4 is 4.90 Å². The number of nitrogens with zero attached hydrogens (tertiary/aromatic N) is 5. The molecule has 6 heteroatoms. The molecular formula is C16H13N5O. The molecule has 4 aromatic rings. The molecule has 0 aliphatic carbocycles. The van der Waals surface area contributed by atoms with Crippen LogP contribution >= 0.6 is 0 Å². The number of hydrogen-bond acceptors (Lipinski definition) is 5. The molecule has 0 amide bonds. The molecule has 0 N–H and O–H groups in total. The van der Waals surface area contributed by atoms with Crippen molar-refractivity contribution >= 4 is 22.4 Å². The first-order valence-electron chi connectivity index (χ1n) is 7.31. The predicted molar refractivity (Wildman–Crippen MR) is 82.8 cm³/mol. The van der Waals surface area contributed by atoms with Crippen LogP contribution in [0.2, 0.25) is 0 Å². The fourth-order valence-corrected chi connectivity index (χ4v) is 2.90. The number of fused-ring (bicyclic) bond motifs is 2. The second-order valence-electron chi connectivity index (χ2n) is 5.47. The normalized spacial score (nSPS) is 14.6. The number of hydrogen-bond donors (Lipinski definition) is 0. The summed E-state index contributed by atoms with van der Waals surface area (Å²) in [6, 6.07) is 7.98. The maximum atomic E-state index is 5.39. The van der Waals surface area contributed by atoms with Crippen LogP contribution in [0.15, 0.2) is 47.5 Å². The molecule has 22 heavy (non-hydrogen) atoms. The van der Waals surface area contributed by atoms with E-state index in [9.17, 15) is 0 Å². The van der Waals surface area contributed by atoms with Gasteiger partial charge in [0.2, 0.25) is 0 Å². The Morgan fingerprint density at radius 2 is 2.05 bits per heavy atom. The molecule has 4 heterocycles. The predicted octanol–water partition coefficient (Wildman–Crippen LogP) is 2.75. The third-order valence-corrected chi connectivity index (χ3v) is 4.21. The summed E-state index contributed by atoms with van der Waals surface area (Å²) in [4.78, 5) is 11.1. The van der Waals surface area contributed by atoms with Crippen molar-refractivity contribution in [1.29, 1.82) is 0 Å². The summed E-state index contributed by atoms with van der Waals surface area (Å²) in [6.45, 7) is 2.18. The Morgan fingerprint density at radius 3 is 2.91 bits per heavy atom. The number of anilines is 1. The van der Waals surface area contributed by atoms with E-state index in [0.29, 0.717) is 0 Å². The molecule has 1 aliphatic heterocycles. The summed E-state index contributed by atoms with van der Waals surface area (Å²) in [6.07, 6.45) is 6.40. The Hall–Kier alpha value is -2.89. The van der Waals surface area contributed by atoms with Crippen molar-refractivity contribution < 1.29 is 4.42 Å². The van der Waals surface area contributed by atoms with Gasteiger partial charge in [0, 0.05) is 18.7 Å². The fraction of sp³-hybridized carbons (Fsp3) is 0.188. The van der Waals surface area contributed by atoms with Gasteiger partial charge in [-0.2, -0.15) is 5.10 Å². The van der Waals surface area contributed by atoms with Gasteiger partial charge in [-0.1, -0.05) is 6.07 Å². The monoisotopic (exact) mass is 291 g/mol. The number of benzene rings is 1. The van der Waals surface area contributed by atoms with Gasteiger partial charge in [0.1, 0.15) is 5.52 Å². The average molecular weight is 291 g/mol. The van der Waals surface area contributed by atoms with Gasteiger partial charge in [-0.15, -0.1) is 0 Å². The lowest BCUT2D eigenvalue weighted by Gasteiger charge is -2.32. The Kier molecular flexibility index (Phi) is 2.29. The van der Waals surface area contributed by atoms with E-state index in [-0.39, 0.29) is 0 Å². The SMILES string of the molecule is c1cc(N2CCC2)c2ncc(-c3ccc4ncoc4c3)n2n1. The lowest BCUT2D eigenvalue weighted by Crippen LogP contribution is -2.37. The zero-order chi connectivity index (χ0) is 14.5. The smallest absolute Gasteiger partial charge is 0.181 e. The van der Waals surface area contributed by atoms with E-state index in [1.807, 2.05) is 41.2 Å². The fourth-order valence-electron chi connectivity index (χ4n) is 2.90. The molecule has 1 aliphatic rings. The highest BCUT2D eigenvalue weighted by Gasteiger charge is 2.19. The van der Waals surface area contributed by atoms with Crippen molar-refractivity contribution in [3.63, 3.8) is 0 Å². The summed E-state index contributed by atoms with van der Waals surface area (Å²) in [5.41, 5.74) is 5.64. The minimum atomic E-state index is 0.770. The minimum Gasteiger partial charge on any atom is -0.443 e. The summed E-state index contributed by atoms with van der Waals surface area (Å²) in [5, 5.41) is 4.47. The Balaban J connectivity index is 1.70. The first-order chi connectivity index (χ1) is 10.9. The van der Waals surface area contributed by atoms with Crippen LogP contribution in [0.4, 0.5) is 5.69 Å². The third kappa shape index (κ3) is 1.57. The van der Waals surface area contributed by atoms with Gasteiger partial charge >= 0.3 is 0 Å². The molecule has 0 radical (unpaired) electrons. The molecule has 0 unspecified atom stereocenters. The first-order valence-corrected chi connectivity index (χ1v) is 7.31. The van der Waals surface area contributed by atoms with E-state index in [1.54, 1.807) is 0 Å².